The Labute approximate surface area is 175 Å². The number of carbonyl (C=O) groups excluding carboxylic acids is 1. The van der Waals surface area contributed by atoms with Crippen molar-refractivity contribution >= 4 is 21.6 Å². The molecule has 1 aromatic heterocycles. The number of amides is 1. The molecule has 3 heterocycles. The van der Waals surface area contributed by atoms with Crippen molar-refractivity contribution in [3.63, 3.8) is 0 Å². The van der Waals surface area contributed by atoms with Gasteiger partial charge in [0.1, 0.15) is 5.71 Å². The summed E-state index contributed by atoms with van der Waals surface area (Å²) in [5.41, 5.74) is 1.89. The van der Waals surface area contributed by atoms with E-state index < -0.39 is 15.6 Å². The summed E-state index contributed by atoms with van der Waals surface area (Å²) in [6, 6.07) is 6.76. The minimum Gasteiger partial charge on any atom is -0.387 e. The molecule has 1 aromatic carbocycles. The van der Waals surface area contributed by atoms with E-state index in [1.807, 2.05) is 13.8 Å². The number of hydrogen-bond donors (Lipinski definition) is 1. The Balaban J connectivity index is 1.37. The van der Waals surface area contributed by atoms with Crippen molar-refractivity contribution in [2.45, 2.75) is 43.7 Å². The summed E-state index contributed by atoms with van der Waals surface area (Å²) in [5.74, 6) is -0.353. The highest BCUT2D eigenvalue weighted by atomic mass is 32.2. The van der Waals surface area contributed by atoms with E-state index in [0.717, 1.165) is 11.3 Å². The summed E-state index contributed by atoms with van der Waals surface area (Å²) in [7, 11) is -3.62. The molecule has 1 N–H and O–H groups in total. The van der Waals surface area contributed by atoms with Gasteiger partial charge >= 0.3 is 0 Å². The molecule has 0 bridgehead atoms. The molecule has 1 fully saturated rings. The maximum atomic E-state index is 12.9. The van der Waals surface area contributed by atoms with Gasteiger partial charge in [0.15, 0.2) is 5.60 Å². The van der Waals surface area contributed by atoms with E-state index in [-0.39, 0.29) is 36.0 Å². The first-order valence-electron chi connectivity index (χ1n) is 9.65. The van der Waals surface area contributed by atoms with Gasteiger partial charge in [-0.25, -0.2) is 8.42 Å². The molecule has 1 amide bonds. The fourth-order valence-electron chi connectivity index (χ4n) is 3.52. The molecular formula is C20H23N5O4S. The van der Waals surface area contributed by atoms with E-state index in [4.69, 9.17) is 4.84 Å². The quantitative estimate of drug-likeness (QED) is 0.767. The molecule has 2 aliphatic heterocycles. The SMILES string of the molecule is Cc1ccc(S(=O)(=O)N2CC[C@]3(CC(C(=O)NCc4cnc(C)cn4)=NO3)C2)cc1. The van der Waals surface area contributed by atoms with Gasteiger partial charge < -0.3 is 10.2 Å². The van der Waals surface area contributed by atoms with Crippen molar-refractivity contribution in [1.82, 2.24) is 19.6 Å². The molecule has 9 nitrogen and oxygen atoms in total. The fraction of sp³-hybridized carbons (Fsp3) is 0.400. The molecule has 0 saturated carbocycles. The highest BCUT2D eigenvalue weighted by Crippen LogP contribution is 2.36. The summed E-state index contributed by atoms with van der Waals surface area (Å²) in [5, 5.41) is 6.70. The summed E-state index contributed by atoms with van der Waals surface area (Å²) < 4.78 is 27.2. The predicted octanol–water partition coefficient (Wildman–Crippen LogP) is 1.32. The Morgan fingerprint density at radius 1 is 1.20 bits per heavy atom. The molecule has 2 aliphatic rings. The third kappa shape index (κ3) is 4.05. The average Bonchev–Trinajstić information content (AvgIpc) is 3.35. The van der Waals surface area contributed by atoms with E-state index in [1.54, 1.807) is 36.7 Å². The number of hydrogen-bond acceptors (Lipinski definition) is 7. The number of rotatable bonds is 5. The molecule has 30 heavy (non-hydrogen) atoms. The Morgan fingerprint density at radius 2 is 1.97 bits per heavy atom. The van der Waals surface area contributed by atoms with Crippen molar-refractivity contribution < 1.29 is 18.0 Å². The first-order chi connectivity index (χ1) is 14.3. The highest BCUT2D eigenvalue weighted by Gasteiger charge is 2.49. The molecular weight excluding hydrogens is 406 g/mol. The molecule has 1 spiro atoms. The lowest BCUT2D eigenvalue weighted by Crippen LogP contribution is -2.38. The van der Waals surface area contributed by atoms with Gasteiger partial charge in [-0.2, -0.15) is 4.31 Å². The smallest absolute Gasteiger partial charge is 0.269 e. The lowest BCUT2D eigenvalue weighted by atomic mass is 9.96. The van der Waals surface area contributed by atoms with E-state index in [1.165, 1.54) is 4.31 Å². The standard InChI is InChI=1S/C20H23N5O4S/c1-14-3-5-17(6-4-14)30(27,28)25-8-7-20(13-25)9-18(24-29-20)19(26)23-12-16-11-21-15(2)10-22-16/h3-6,10-11H,7-9,12-13H2,1-2H3,(H,23,26)/t20-/m0/s1. The largest absolute Gasteiger partial charge is 0.387 e. The van der Waals surface area contributed by atoms with Crippen LogP contribution in [-0.4, -0.2) is 53.0 Å². The second kappa shape index (κ2) is 7.77. The molecule has 1 saturated heterocycles. The van der Waals surface area contributed by atoms with Gasteiger partial charge in [-0.3, -0.25) is 14.8 Å². The van der Waals surface area contributed by atoms with E-state index in [9.17, 15) is 13.2 Å². The molecule has 0 unspecified atom stereocenters. The molecule has 158 valence electrons. The third-order valence-electron chi connectivity index (χ3n) is 5.31. The van der Waals surface area contributed by atoms with Gasteiger partial charge in [0.2, 0.25) is 10.0 Å². The van der Waals surface area contributed by atoms with Gasteiger partial charge in [-0.15, -0.1) is 0 Å². The van der Waals surface area contributed by atoms with Crippen LogP contribution >= 0.6 is 0 Å². The molecule has 0 aliphatic carbocycles. The normalized spacial score (nSPS) is 21.5. The minimum atomic E-state index is -3.62. The summed E-state index contributed by atoms with van der Waals surface area (Å²) in [6.45, 7) is 4.45. The monoisotopic (exact) mass is 429 g/mol. The van der Waals surface area contributed by atoms with E-state index in [0.29, 0.717) is 18.7 Å². The summed E-state index contributed by atoms with van der Waals surface area (Å²) in [6.07, 6.45) is 3.98. The van der Waals surface area contributed by atoms with Crippen LogP contribution in [-0.2, 0) is 26.2 Å². The van der Waals surface area contributed by atoms with E-state index >= 15 is 0 Å². The second-order valence-corrected chi connectivity index (χ2v) is 9.66. The maximum absolute atomic E-state index is 12.9. The maximum Gasteiger partial charge on any atom is 0.269 e. The predicted molar refractivity (Wildman–Crippen MR) is 109 cm³/mol. The van der Waals surface area contributed by atoms with Gasteiger partial charge in [-0.05, 0) is 26.0 Å². The number of benzene rings is 1. The summed E-state index contributed by atoms with van der Waals surface area (Å²) in [4.78, 5) is 26.6. The number of oxime groups is 1. The van der Waals surface area contributed by atoms with Crippen molar-refractivity contribution in [3.05, 3.63) is 53.6 Å². The van der Waals surface area contributed by atoms with Crippen LogP contribution in [0.25, 0.3) is 0 Å². The zero-order valence-corrected chi connectivity index (χ0v) is 17.6. The first kappa shape index (κ1) is 20.4. The van der Waals surface area contributed by atoms with Crippen molar-refractivity contribution in [2.24, 2.45) is 5.16 Å². The zero-order chi connectivity index (χ0) is 21.4. The van der Waals surface area contributed by atoms with Crippen LogP contribution in [0.3, 0.4) is 0 Å². The molecule has 4 rings (SSSR count). The molecule has 0 radical (unpaired) electrons. The van der Waals surface area contributed by atoms with Gasteiger partial charge in [0.05, 0.1) is 35.6 Å². The lowest BCUT2D eigenvalue weighted by Gasteiger charge is -2.21. The Morgan fingerprint density at radius 3 is 2.67 bits per heavy atom. The lowest BCUT2D eigenvalue weighted by molar-refractivity contribution is -0.115. The zero-order valence-electron chi connectivity index (χ0n) is 16.8. The third-order valence-corrected chi connectivity index (χ3v) is 7.17. The number of aromatic nitrogens is 2. The van der Waals surface area contributed by atoms with Crippen molar-refractivity contribution in [2.75, 3.05) is 13.1 Å². The van der Waals surface area contributed by atoms with Crippen LogP contribution in [0.1, 0.15) is 29.8 Å². The first-order valence-corrected chi connectivity index (χ1v) is 11.1. The van der Waals surface area contributed by atoms with Crippen LogP contribution < -0.4 is 5.32 Å². The van der Waals surface area contributed by atoms with E-state index in [2.05, 4.69) is 20.4 Å². The van der Waals surface area contributed by atoms with Gasteiger partial charge in [0.25, 0.3) is 5.91 Å². The average molecular weight is 430 g/mol. The number of aryl methyl sites for hydroxylation is 2. The minimum absolute atomic E-state index is 0.160. The Hall–Kier alpha value is -2.85. The molecule has 1 atom stereocenters. The van der Waals surface area contributed by atoms with Crippen molar-refractivity contribution in [3.8, 4) is 0 Å². The Kier molecular flexibility index (Phi) is 5.29. The summed E-state index contributed by atoms with van der Waals surface area (Å²) >= 11 is 0. The van der Waals surface area contributed by atoms with Crippen LogP contribution in [0.2, 0.25) is 0 Å². The number of sulfonamides is 1. The molecule has 2 aromatic rings. The van der Waals surface area contributed by atoms with Crippen LogP contribution in [0, 0.1) is 13.8 Å². The Bertz CT molecular complexity index is 1080. The number of carbonyl (C=O) groups is 1. The van der Waals surface area contributed by atoms with Crippen LogP contribution in [0.4, 0.5) is 0 Å². The number of nitrogens with zero attached hydrogens (tertiary/aromatic N) is 4. The van der Waals surface area contributed by atoms with Gasteiger partial charge in [0, 0.05) is 25.6 Å². The topological polar surface area (TPSA) is 114 Å². The fourth-order valence-corrected chi connectivity index (χ4v) is 5.03. The van der Waals surface area contributed by atoms with Crippen LogP contribution in [0.15, 0.2) is 46.7 Å². The number of nitrogens with one attached hydrogen (secondary N) is 1. The van der Waals surface area contributed by atoms with Crippen LogP contribution in [0.5, 0.6) is 0 Å². The highest BCUT2D eigenvalue weighted by molar-refractivity contribution is 7.89. The van der Waals surface area contributed by atoms with Gasteiger partial charge in [-0.1, -0.05) is 22.9 Å². The second-order valence-electron chi connectivity index (χ2n) is 7.72. The van der Waals surface area contributed by atoms with Crippen molar-refractivity contribution in [1.29, 1.82) is 0 Å². The molecule has 10 heteroatoms.